The Morgan fingerprint density at radius 2 is 1.70 bits per heavy atom. The molecule has 0 aliphatic carbocycles. The van der Waals surface area contributed by atoms with Crippen LogP contribution in [0.15, 0.2) is 70.8 Å². The van der Waals surface area contributed by atoms with E-state index in [4.69, 9.17) is 23.1 Å². The van der Waals surface area contributed by atoms with Gasteiger partial charge in [-0.1, -0.05) is 47.6 Å². The van der Waals surface area contributed by atoms with Crippen LogP contribution in [-0.4, -0.2) is 70.9 Å². The van der Waals surface area contributed by atoms with Crippen molar-refractivity contribution in [1.29, 1.82) is 0 Å². The number of pyridine rings is 1. The fraction of sp³-hybridized carbons (Fsp3) is 0.405. The number of carbonyl (C=O) groups excluding carboxylic acids is 3. The molecule has 4 aromatic rings. The number of likely N-dealkylation sites (N-methyl/N-ethyl adjacent to an activating group) is 1. The molecule has 11 nitrogen and oxygen atoms in total. The molecule has 0 bridgehead atoms. The van der Waals surface area contributed by atoms with Gasteiger partial charge in [-0.15, -0.1) is 0 Å². The van der Waals surface area contributed by atoms with E-state index in [9.17, 15) is 27.6 Å². The van der Waals surface area contributed by atoms with Crippen molar-refractivity contribution in [3.8, 4) is 0 Å². The van der Waals surface area contributed by atoms with E-state index in [1.54, 1.807) is 24.5 Å². The molecule has 284 valence electrons. The first kappa shape index (κ1) is 40.0. The molecular formula is C37H44ClF3N8O3S. The quantitative estimate of drug-likeness (QED) is 0.131. The number of nitrogens with two attached hydrogens (primary N) is 2. The monoisotopic (exact) mass is 772 g/mol. The number of nitrogens with one attached hydrogen (secondary N) is 4. The first-order valence-corrected chi connectivity index (χ1v) is 18.6. The largest absolute Gasteiger partial charge is 0.416 e. The summed E-state index contributed by atoms with van der Waals surface area (Å²) in [6.07, 6.45) is 0.985. The van der Waals surface area contributed by atoms with Crippen LogP contribution >= 0.6 is 23.4 Å². The number of alkyl halides is 3. The van der Waals surface area contributed by atoms with Gasteiger partial charge in [0.1, 0.15) is 17.1 Å². The van der Waals surface area contributed by atoms with E-state index in [1.165, 1.54) is 11.9 Å². The van der Waals surface area contributed by atoms with Crippen molar-refractivity contribution in [2.24, 2.45) is 11.5 Å². The lowest BCUT2D eigenvalue weighted by Crippen LogP contribution is -2.57. The molecule has 3 amide bonds. The van der Waals surface area contributed by atoms with Crippen LogP contribution in [0, 0.1) is 0 Å². The summed E-state index contributed by atoms with van der Waals surface area (Å²) >= 11 is 7.63. The van der Waals surface area contributed by atoms with E-state index in [0.29, 0.717) is 49.4 Å². The van der Waals surface area contributed by atoms with E-state index >= 15 is 0 Å². The van der Waals surface area contributed by atoms with Crippen molar-refractivity contribution < 1.29 is 27.6 Å². The third-order valence-electron chi connectivity index (χ3n) is 9.27. The Morgan fingerprint density at radius 3 is 2.45 bits per heavy atom. The number of H-pyrrole nitrogens is 1. The molecule has 3 heterocycles. The third-order valence-corrected chi connectivity index (χ3v) is 10.9. The van der Waals surface area contributed by atoms with Gasteiger partial charge in [-0.25, -0.2) is 4.98 Å². The minimum Gasteiger partial charge on any atom is -0.361 e. The van der Waals surface area contributed by atoms with Crippen molar-refractivity contribution in [3.05, 3.63) is 88.2 Å². The molecule has 1 aliphatic heterocycles. The van der Waals surface area contributed by atoms with E-state index in [0.717, 1.165) is 40.4 Å². The first-order valence-electron chi connectivity index (χ1n) is 17.5. The molecule has 3 atom stereocenters. The second-order valence-electron chi connectivity index (χ2n) is 13.0. The number of nitrogens with zero attached hydrogens (tertiary/aromatic N) is 2. The number of fused-ring (bicyclic) bond motifs is 3. The van der Waals surface area contributed by atoms with Gasteiger partial charge in [0.25, 0.3) is 0 Å². The summed E-state index contributed by atoms with van der Waals surface area (Å²) in [6, 6.07) is 9.96. The maximum atomic E-state index is 14.4. The van der Waals surface area contributed by atoms with Crippen LogP contribution in [0.5, 0.6) is 0 Å². The van der Waals surface area contributed by atoms with Gasteiger partial charge in [-0.2, -0.15) is 13.2 Å². The standard InChI is InChI=1S/C37H44ClF3N8O3S/c1-49-31(17-23-20-45-28-10-3-2-9-26(23)28)34(51)47-21-24-16-25(37(39,40)41)18-27(38)32(24)53-35-22(8-7-15-44-35)19-46-29(12-6-14-43)33(50)48-30(36(49)52)11-4-5-13-42/h2-3,7-10,15-16,18,20,29-31,45-46H,4-6,11-14,17,19,21,42-43H2,1H3,(H,47,51)(H,48,50)/t29-,30-,31-/m0/s1. The Kier molecular flexibility index (Phi) is 13.8. The second kappa shape index (κ2) is 18.3. The summed E-state index contributed by atoms with van der Waals surface area (Å²) in [5, 5.41) is 10.2. The number of hydrogen-bond acceptors (Lipinski definition) is 8. The van der Waals surface area contributed by atoms with Crippen molar-refractivity contribution in [2.45, 2.75) is 85.8 Å². The Balaban J connectivity index is 1.61. The van der Waals surface area contributed by atoms with Gasteiger partial charge in [0.2, 0.25) is 17.7 Å². The fourth-order valence-electron chi connectivity index (χ4n) is 6.32. The number of carbonyl (C=O) groups is 3. The van der Waals surface area contributed by atoms with Crippen LogP contribution in [0.4, 0.5) is 13.2 Å². The Hall–Kier alpha value is -4.15. The predicted molar refractivity (Wildman–Crippen MR) is 199 cm³/mol. The Labute approximate surface area is 315 Å². The van der Waals surface area contributed by atoms with Crippen LogP contribution in [0.3, 0.4) is 0 Å². The minimum atomic E-state index is -4.71. The topological polar surface area (TPSA) is 171 Å². The fourth-order valence-corrected chi connectivity index (χ4v) is 7.68. The van der Waals surface area contributed by atoms with Crippen LogP contribution in [-0.2, 0) is 40.1 Å². The van der Waals surface area contributed by atoms with Gasteiger partial charge in [-0.3, -0.25) is 14.4 Å². The maximum Gasteiger partial charge on any atom is 0.416 e. The highest BCUT2D eigenvalue weighted by Crippen LogP contribution is 2.41. The molecule has 2 aromatic carbocycles. The van der Waals surface area contributed by atoms with Crippen LogP contribution in [0.25, 0.3) is 10.9 Å². The predicted octanol–water partition coefficient (Wildman–Crippen LogP) is 4.90. The summed E-state index contributed by atoms with van der Waals surface area (Å²) < 4.78 is 42.2. The maximum absolute atomic E-state index is 14.4. The van der Waals surface area contributed by atoms with Crippen molar-refractivity contribution in [3.63, 3.8) is 0 Å². The van der Waals surface area contributed by atoms with Gasteiger partial charge in [0.15, 0.2) is 0 Å². The molecule has 0 fully saturated rings. The molecule has 5 rings (SSSR count). The average molecular weight is 773 g/mol. The second-order valence-corrected chi connectivity index (χ2v) is 14.4. The molecule has 0 saturated carbocycles. The van der Waals surface area contributed by atoms with E-state index in [1.807, 2.05) is 24.3 Å². The number of unbranched alkanes of at least 4 members (excludes halogenated alkanes) is 1. The van der Waals surface area contributed by atoms with Crippen LogP contribution < -0.4 is 27.4 Å². The zero-order valence-corrected chi connectivity index (χ0v) is 30.8. The molecule has 0 radical (unpaired) electrons. The minimum absolute atomic E-state index is 0.0739. The smallest absolute Gasteiger partial charge is 0.361 e. The highest BCUT2D eigenvalue weighted by atomic mass is 35.5. The molecule has 0 saturated heterocycles. The Morgan fingerprint density at radius 1 is 0.943 bits per heavy atom. The van der Waals surface area contributed by atoms with E-state index in [-0.39, 0.29) is 41.4 Å². The average Bonchev–Trinajstić information content (AvgIpc) is 3.55. The molecule has 2 aromatic heterocycles. The number of benzene rings is 2. The van der Waals surface area contributed by atoms with Crippen molar-refractivity contribution in [2.75, 3.05) is 20.1 Å². The summed E-state index contributed by atoms with van der Waals surface area (Å²) in [5.74, 6) is -1.51. The number of aromatic amines is 1. The number of para-hydroxylation sites is 1. The van der Waals surface area contributed by atoms with Gasteiger partial charge in [0, 0.05) is 54.8 Å². The molecule has 16 heteroatoms. The first-order chi connectivity index (χ1) is 25.4. The number of rotatable bonds is 9. The van der Waals surface area contributed by atoms with Gasteiger partial charge in [-0.05, 0) is 86.1 Å². The SMILES string of the molecule is CN1C(=O)[C@H](CCCCN)NC(=O)[C@H](CCCN)NCc2cccnc2Sc2c(Cl)cc(C(F)(F)F)cc2CNC(=O)[C@@H]1Cc1c[nH]c2ccccc12. The summed E-state index contributed by atoms with van der Waals surface area (Å²) in [7, 11) is 1.49. The normalized spacial score (nSPS) is 19.3. The van der Waals surface area contributed by atoms with Gasteiger partial charge >= 0.3 is 6.18 Å². The van der Waals surface area contributed by atoms with Crippen LogP contribution in [0.1, 0.15) is 54.4 Å². The summed E-state index contributed by atoms with van der Waals surface area (Å²) in [6.45, 7) is 0.571. The van der Waals surface area contributed by atoms with E-state index < -0.39 is 47.6 Å². The number of amides is 3. The number of halogens is 4. The van der Waals surface area contributed by atoms with Crippen LogP contribution in [0.2, 0.25) is 5.02 Å². The lowest BCUT2D eigenvalue weighted by atomic mass is 10.0. The molecule has 0 spiro atoms. The lowest BCUT2D eigenvalue weighted by Gasteiger charge is -2.32. The number of hydrogen-bond donors (Lipinski definition) is 6. The molecule has 53 heavy (non-hydrogen) atoms. The zero-order valence-electron chi connectivity index (χ0n) is 29.3. The molecule has 0 unspecified atom stereocenters. The van der Waals surface area contributed by atoms with Crippen molar-refractivity contribution >= 4 is 52.0 Å². The highest BCUT2D eigenvalue weighted by Gasteiger charge is 2.35. The lowest BCUT2D eigenvalue weighted by molar-refractivity contribution is -0.142. The highest BCUT2D eigenvalue weighted by molar-refractivity contribution is 7.99. The molecule has 1 aliphatic rings. The zero-order chi connectivity index (χ0) is 38.1. The Bertz CT molecular complexity index is 1910. The summed E-state index contributed by atoms with van der Waals surface area (Å²) in [4.78, 5) is 51.8. The summed E-state index contributed by atoms with van der Waals surface area (Å²) in [5.41, 5.74) is 13.0. The molecule has 8 N–H and O–H groups in total. The van der Waals surface area contributed by atoms with Crippen molar-refractivity contribution in [1.82, 2.24) is 30.8 Å². The third kappa shape index (κ3) is 10.1. The van der Waals surface area contributed by atoms with Gasteiger partial charge < -0.3 is 37.3 Å². The van der Waals surface area contributed by atoms with E-state index in [2.05, 4.69) is 25.9 Å². The molecular weight excluding hydrogens is 729 g/mol. The number of aromatic nitrogens is 2. The van der Waals surface area contributed by atoms with Gasteiger partial charge in [0.05, 0.1) is 16.6 Å².